The summed E-state index contributed by atoms with van der Waals surface area (Å²) in [6, 6.07) is 7.05. The van der Waals surface area contributed by atoms with Crippen molar-refractivity contribution in [1.29, 1.82) is 0 Å². The molecule has 23 heavy (non-hydrogen) atoms. The molecule has 0 aliphatic heterocycles. The zero-order chi connectivity index (χ0) is 17.1. The molecule has 1 heterocycles. The minimum absolute atomic E-state index is 0.217. The van der Waals surface area contributed by atoms with E-state index in [1.165, 1.54) is 4.90 Å². The lowest BCUT2D eigenvalue weighted by atomic mass is 10.2. The second-order valence-corrected chi connectivity index (χ2v) is 5.58. The molecule has 1 aromatic heterocycles. The van der Waals surface area contributed by atoms with Crippen molar-refractivity contribution in [2.45, 2.75) is 13.8 Å². The summed E-state index contributed by atoms with van der Waals surface area (Å²) in [6.07, 6.45) is 0. The molecule has 0 atom stereocenters. The molecule has 0 radical (unpaired) electrons. The van der Waals surface area contributed by atoms with Crippen molar-refractivity contribution in [3.8, 4) is 0 Å². The van der Waals surface area contributed by atoms with Crippen molar-refractivity contribution in [1.82, 2.24) is 14.7 Å². The quantitative estimate of drug-likeness (QED) is 0.912. The highest BCUT2D eigenvalue weighted by Gasteiger charge is 2.22. The molecule has 0 aliphatic carbocycles. The molecule has 7 nitrogen and oxygen atoms in total. The summed E-state index contributed by atoms with van der Waals surface area (Å²) in [5.74, 6) is -0.264. The summed E-state index contributed by atoms with van der Waals surface area (Å²) in [5, 5.41) is 9.66. The van der Waals surface area contributed by atoms with Gasteiger partial charge in [0.05, 0.1) is 11.4 Å². The van der Waals surface area contributed by atoms with Gasteiger partial charge in [-0.2, -0.15) is 5.10 Å². The van der Waals surface area contributed by atoms with Crippen LogP contribution < -0.4 is 10.6 Å². The lowest BCUT2D eigenvalue weighted by Crippen LogP contribution is -2.25. The fourth-order valence-electron chi connectivity index (χ4n) is 2.12. The molecule has 2 aromatic rings. The summed E-state index contributed by atoms with van der Waals surface area (Å²) in [7, 11) is 5.01. The van der Waals surface area contributed by atoms with Crippen molar-refractivity contribution >= 4 is 23.3 Å². The maximum absolute atomic E-state index is 12.2. The summed E-state index contributed by atoms with van der Waals surface area (Å²) < 4.78 is 1.57. The highest BCUT2D eigenvalue weighted by molar-refractivity contribution is 6.06. The third-order valence-electron chi connectivity index (χ3n) is 3.46. The number of aromatic nitrogens is 2. The summed E-state index contributed by atoms with van der Waals surface area (Å²) in [4.78, 5) is 25.8. The highest BCUT2D eigenvalue weighted by Crippen LogP contribution is 2.21. The Hall–Kier alpha value is -2.83. The van der Waals surface area contributed by atoms with E-state index in [0.29, 0.717) is 17.1 Å². The average molecular weight is 315 g/mol. The van der Waals surface area contributed by atoms with Crippen LogP contribution in [0, 0.1) is 13.8 Å². The van der Waals surface area contributed by atoms with E-state index in [9.17, 15) is 9.59 Å². The topological polar surface area (TPSA) is 79.3 Å². The third kappa shape index (κ3) is 3.68. The van der Waals surface area contributed by atoms with Crippen LogP contribution in [-0.4, -0.2) is 40.7 Å². The Morgan fingerprint density at radius 1 is 1.17 bits per heavy atom. The van der Waals surface area contributed by atoms with Crippen molar-refractivity contribution in [3.63, 3.8) is 0 Å². The Bertz CT molecular complexity index is 749. The second-order valence-electron chi connectivity index (χ2n) is 5.58. The van der Waals surface area contributed by atoms with Gasteiger partial charge in [-0.25, -0.2) is 4.79 Å². The second kappa shape index (κ2) is 6.51. The SMILES string of the molecule is Cc1cccc(NC(=O)Nc2c(C(=O)N(C)C)nn(C)c2C)c1. The van der Waals surface area contributed by atoms with Gasteiger partial charge in [0.1, 0.15) is 0 Å². The van der Waals surface area contributed by atoms with E-state index >= 15 is 0 Å². The number of carbonyl (C=O) groups excluding carboxylic acids is 2. The van der Waals surface area contributed by atoms with Crippen LogP contribution in [0.5, 0.6) is 0 Å². The van der Waals surface area contributed by atoms with E-state index in [-0.39, 0.29) is 11.6 Å². The number of urea groups is 1. The molecule has 0 bridgehead atoms. The van der Waals surface area contributed by atoms with Crippen molar-refractivity contribution in [2.75, 3.05) is 24.7 Å². The first-order chi connectivity index (χ1) is 10.8. The predicted molar refractivity (Wildman–Crippen MR) is 89.8 cm³/mol. The lowest BCUT2D eigenvalue weighted by Gasteiger charge is -2.11. The first-order valence-corrected chi connectivity index (χ1v) is 7.19. The molecular formula is C16H21N5O2. The maximum atomic E-state index is 12.2. The van der Waals surface area contributed by atoms with Gasteiger partial charge in [0.15, 0.2) is 5.69 Å². The summed E-state index contributed by atoms with van der Waals surface area (Å²) in [6.45, 7) is 3.74. The van der Waals surface area contributed by atoms with Crippen LogP contribution in [0.1, 0.15) is 21.7 Å². The fourth-order valence-corrected chi connectivity index (χ4v) is 2.12. The van der Waals surface area contributed by atoms with Crippen molar-refractivity contribution in [2.24, 2.45) is 7.05 Å². The average Bonchev–Trinajstić information content (AvgIpc) is 2.74. The normalized spacial score (nSPS) is 10.3. The Morgan fingerprint density at radius 3 is 2.48 bits per heavy atom. The van der Waals surface area contributed by atoms with Gasteiger partial charge in [0, 0.05) is 26.8 Å². The number of amides is 3. The molecule has 0 saturated carbocycles. The van der Waals surface area contributed by atoms with E-state index < -0.39 is 6.03 Å². The molecule has 122 valence electrons. The van der Waals surface area contributed by atoms with Gasteiger partial charge in [-0.15, -0.1) is 0 Å². The Labute approximate surface area is 135 Å². The standard InChI is InChI=1S/C16H21N5O2/c1-10-7-6-8-12(9-10)17-16(23)18-13-11(2)21(5)19-14(13)15(22)20(3)4/h6-9H,1-5H3,(H2,17,18,23). The van der Waals surface area contributed by atoms with Gasteiger partial charge >= 0.3 is 6.03 Å². The number of anilines is 2. The first-order valence-electron chi connectivity index (χ1n) is 7.19. The maximum Gasteiger partial charge on any atom is 0.323 e. The van der Waals surface area contributed by atoms with Gasteiger partial charge in [-0.3, -0.25) is 9.48 Å². The minimum Gasteiger partial charge on any atom is -0.343 e. The number of rotatable bonds is 3. The van der Waals surface area contributed by atoms with Crippen LogP contribution in [0.2, 0.25) is 0 Å². The van der Waals surface area contributed by atoms with Crippen LogP contribution in [-0.2, 0) is 7.05 Å². The van der Waals surface area contributed by atoms with Gasteiger partial charge in [-0.05, 0) is 31.5 Å². The van der Waals surface area contributed by atoms with Crippen LogP contribution in [0.15, 0.2) is 24.3 Å². The largest absolute Gasteiger partial charge is 0.343 e. The van der Waals surface area contributed by atoms with E-state index in [2.05, 4.69) is 15.7 Å². The van der Waals surface area contributed by atoms with E-state index in [1.54, 1.807) is 38.8 Å². The molecule has 0 unspecified atom stereocenters. The molecule has 0 fully saturated rings. The molecule has 7 heteroatoms. The number of benzene rings is 1. The van der Waals surface area contributed by atoms with Gasteiger partial charge < -0.3 is 15.5 Å². The number of carbonyl (C=O) groups is 2. The Balaban J connectivity index is 2.22. The number of hydrogen-bond donors (Lipinski definition) is 2. The molecule has 0 aliphatic rings. The molecule has 1 aromatic carbocycles. The molecule has 3 amide bonds. The van der Waals surface area contributed by atoms with Gasteiger partial charge in [0.25, 0.3) is 5.91 Å². The first kappa shape index (κ1) is 16.5. The number of hydrogen-bond acceptors (Lipinski definition) is 3. The molecule has 2 rings (SSSR count). The Kier molecular flexibility index (Phi) is 4.68. The van der Waals surface area contributed by atoms with Gasteiger partial charge in [0.2, 0.25) is 0 Å². The van der Waals surface area contributed by atoms with Crippen LogP contribution in [0.4, 0.5) is 16.2 Å². The summed E-state index contributed by atoms with van der Waals surface area (Å²) >= 11 is 0. The zero-order valence-corrected chi connectivity index (χ0v) is 14.0. The van der Waals surface area contributed by atoms with Crippen LogP contribution >= 0.6 is 0 Å². The summed E-state index contributed by atoms with van der Waals surface area (Å²) in [5.41, 5.74) is 3.06. The number of nitrogens with one attached hydrogen (secondary N) is 2. The van der Waals surface area contributed by atoms with E-state index in [1.807, 2.05) is 25.1 Å². The number of nitrogens with zero attached hydrogens (tertiary/aromatic N) is 3. The van der Waals surface area contributed by atoms with Gasteiger partial charge in [-0.1, -0.05) is 12.1 Å². The lowest BCUT2D eigenvalue weighted by molar-refractivity contribution is 0.0822. The van der Waals surface area contributed by atoms with Crippen LogP contribution in [0.3, 0.4) is 0 Å². The molecule has 0 saturated heterocycles. The monoisotopic (exact) mass is 315 g/mol. The van der Waals surface area contributed by atoms with E-state index in [0.717, 1.165) is 5.56 Å². The van der Waals surface area contributed by atoms with Crippen molar-refractivity contribution in [3.05, 3.63) is 41.2 Å². The zero-order valence-electron chi connectivity index (χ0n) is 14.0. The van der Waals surface area contributed by atoms with Crippen molar-refractivity contribution < 1.29 is 9.59 Å². The highest BCUT2D eigenvalue weighted by atomic mass is 16.2. The smallest absolute Gasteiger partial charge is 0.323 e. The Morgan fingerprint density at radius 2 is 1.87 bits per heavy atom. The number of aryl methyl sites for hydroxylation is 2. The molecular weight excluding hydrogens is 294 g/mol. The molecule has 2 N–H and O–H groups in total. The fraction of sp³-hybridized carbons (Fsp3) is 0.312. The third-order valence-corrected chi connectivity index (χ3v) is 3.46. The van der Waals surface area contributed by atoms with E-state index in [4.69, 9.17) is 0 Å². The molecule has 0 spiro atoms. The predicted octanol–water partition coefficient (Wildman–Crippen LogP) is 2.38. The van der Waals surface area contributed by atoms with Crippen LogP contribution in [0.25, 0.3) is 0 Å². The minimum atomic E-state index is -0.417.